The number of aliphatic hydroxyl groups excluding tert-OH is 1. The van der Waals surface area contributed by atoms with Gasteiger partial charge in [0.25, 0.3) is 5.91 Å². The molecular weight excluding hydrogens is 417 g/mol. The Morgan fingerprint density at radius 3 is 2.45 bits per heavy atom. The lowest BCUT2D eigenvalue weighted by Gasteiger charge is -2.28. The Hall–Kier alpha value is -2.25. The van der Waals surface area contributed by atoms with Crippen LogP contribution in [0.3, 0.4) is 0 Å². The minimum Gasteiger partial charge on any atom is -0.394 e. The lowest BCUT2D eigenvalue weighted by molar-refractivity contribution is -0.141. The second kappa shape index (κ2) is 9.50. The Morgan fingerprint density at radius 1 is 1.07 bits per heavy atom. The van der Waals surface area contributed by atoms with Crippen LogP contribution >= 0.6 is 23.2 Å². The van der Waals surface area contributed by atoms with Crippen molar-refractivity contribution in [3.63, 3.8) is 0 Å². The van der Waals surface area contributed by atoms with E-state index in [4.69, 9.17) is 33.0 Å². The van der Waals surface area contributed by atoms with Crippen molar-refractivity contribution >= 4 is 40.7 Å². The van der Waals surface area contributed by atoms with Gasteiger partial charge in [-0.2, -0.15) is 0 Å². The molecule has 2 unspecified atom stereocenters. The molecule has 0 spiro atoms. The van der Waals surface area contributed by atoms with Crippen LogP contribution in [0.4, 0.5) is 0 Å². The second-order valence-corrected chi connectivity index (χ2v) is 7.36. The predicted molar refractivity (Wildman–Crippen MR) is 108 cm³/mol. The lowest BCUT2D eigenvalue weighted by Crippen LogP contribution is -2.34. The number of halogens is 2. The molecular formula is C21H19Cl2NO5. The number of Topliss-reactive ketones (excluding diaryl/α,β-unsaturated/α-hetero) is 2. The number of nitrogens with zero attached hydrogens (tertiary/aromatic N) is 1. The molecule has 8 heteroatoms. The van der Waals surface area contributed by atoms with Crippen molar-refractivity contribution in [3.8, 4) is 0 Å². The number of aliphatic hydroxyl groups is 1. The first-order chi connectivity index (χ1) is 14.0. The molecule has 1 saturated heterocycles. The van der Waals surface area contributed by atoms with Crippen LogP contribution in [-0.2, 0) is 14.3 Å². The van der Waals surface area contributed by atoms with E-state index in [0.717, 1.165) is 0 Å². The van der Waals surface area contributed by atoms with Gasteiger partial charge in [0, 0.05) is 22.2 Å². The van der Waals surface area contributed by atoms with Crippen LogP contribution in [0.1, 0.15) is 22.0 Å². The van der Waals surface area contributed by atoms with Gasteiger partial charge >= 0.3 is 0 Å². The maximum Gasteiger partial charge on any atom is 0.291 e. The lowest BCUT2D eigenvalue weighted by atomic mass is 9.86. The van der Waals surface area contributed by atoms with E-state index in [-0.39, 0.29) is 31.4 Å². The summed E-state index contributed by atoms with van der Waals surface area (Å²) >= 11 is 12.3. The number of ether oxygens (including phenoxy) is 1. The van der Waals surface area contributed by atoms with Crippen molar-refractivity contribution in [1.29, 1.82) is 0 Å². The van der Waals surface area contributed by atoms with Crippen LogP contribution in [0.25, 0.3) is 0 Å². The Morgan fingerprint density at radius 2 is 1.79 bits per heavy atom. The van der Waals surface area contributed by atoms with Crippen LogP contribution in [0.2, 0.25) is 10.0 Å². The molecule has 1 N–H and O–H groups in total. The average molecular weight is 436 g/mol. The van der Waals surface area contributed by atoms with Crippen LogP contribution in [0, 0.1) is 5.92 Å². The minimum absolute atomic E-state index is 0.0762. The molecule has 1 aliphatic rings. The van der Waals surface area contributed by atoms with Gasteiger partial charge in [0.05, 0.1) is 25.9 Å². The molecule has 3 rings (SSSR count). The zero-order chi connectivity index (χ0) is 21.0. The summed E-state index contributed by atoms with van der Waals surface area (Å²) in [5.41, 5.74) is 0.804. The number of amides is 1. The van der Waals surface area contributed by atoms with E-state index >= 15 is 0 Å². The minimum atomic E-state index is -1.22. The fourth-order valence-electron chi connectivity index (χ4n) is 3.43. The number of ketones is 2. The van der Waals surface area contributed by atoms with Gasteiger partial charge in [-0.25, -0.2) is 0 Å². The summed E-state index contributed by atoms with van der Waals surface area (Å²) in [5.74, 6) is -3.21. The predicted octanol–water partition coefficient (Wildman–Crippen LogP) is 2.95. The standard InChI is InChI=1S/C21H19Cl2NO5/c22-14-6-7-15(16(23)12-14)18-17(19(26)13-4-2-1-3-5-13)20(27)21(28)24(18)8-10-29-11-9-25/h1-7,12,17-18,25H,8-11H2. The molecule has 152 valence electrons. The summed E-state index contributed by atoms with van der Waals surface area (Å²) in [6.07, 6.45) is 0. The van der Waals surface area contributed by atoms with Crippen molar-refractivity contribution in [2.24, 2.45) is 5.92 Å². The summed E-state index contributed by atoms with van der Waals surface area (Å²) in [6, 6.07) is 12.2. The Kier molecular flexibility index (Phi) is 7.03. The molecule has 0 radical (unpaired) electrons. The van der Waals surface area contributed by atoms with Crippen molar-refractivity contribution < 1.29 is 24.2 Å². The van der Waals surface area contributed by atoms with E-state index in [9.17, 15) is 14.4 Å². The quantitative estimate of drug-likeness (QED) is 0.298. The fourth-order valence-corrected chi connectivity index (χ4v) is 3.95. The van der Waals surface area contributed by atoms with E-state index in [1.807, 2.05) is 0 Å². The molecule has 0 aliphatic carbocycles. The molecule has 1 amide bonds. The highest BCUT2D eigenvalue weighted by molar-refractivity contribution is 6.44. The van der Waals surface area contributed by atoms with Crippen molar-refractivity contribution in [2.45, 2.75) is 6.04 Å². The normalized spacial score (nSPS) is 19.1. The molecule has 2 aromatic carbocycles. The van der Waals surface area contributed by atoms with Crippen molar-refractivity contribution in [2.75, 3.05) is 26.4 Å². The van der Waals surface area contributed by atoms with Crippen LogP contribution in [0.5, 0.6) is 0 Å². The average Bonchev–Trinajstić information content (AvgIpc) is 2.96. The number of hydrogen-bond donors (Lipinski definition) is 1. The molecule has 1 aliphatic heterocycles. The molecule has 1 fully saturated rings. The van der Waals surface area contributed by atoms with E-state index in [1.165, 1.54) is 11.0 Å². The first-order valence-electron chi connectivity index (χ1n) is 9.03. The number of rotatable bonds is 8. The van der Waals surface area contributed by atoms with Crippen molar-refractivity contribution in [3.05, 3.63) is 69.7 Å². The smallest absolute Gasteiger partial charge is 0.291 e. The van der Waals surface area contributed by atoms with E-state index in [1.54, 1.807) is 42.5 Å². The molecule has 0 aromatic heterocycles. The third-order valence-electron chi connectivity index (χ3n) is 4.74. The van der Waals surface area contributed by atoms with E-state index < -0.39 is 29.4 Å². The van der Waals surface area contributed by atoms with Crippen LogP contribution in [-0.4, -0.2) is 53.8 Å². The zero-order valence-corrected chi connectivity index (χ0v) is 16.9. The molecule has 6 nitrogen and oxygen atoms in total. The fraction of sp³-hybridized carbons (Fsp3) is 0.286. The van der Waals surface area contributed by atoms with E-state index in [0.29, 0.717) is 16.1 Å². The SMILES string of the molecule is O=C1C(=O)N(CCOCCO)C(c2ccc(Cl)cc2Cl)C1C(=O)c1ccccc1. The van der Waals surface area contributed by atoms with E-state index in [2.05, 4.69) is 0 Å². The molecule has 1 heterocycles. The molecule has 0 saturated carbocycles. The first kappa shape index (κ1) is 21.5. The highest BCUT2D eigenvalue weighted by atomic mass is 35.5. The first-order valence-corrected chi connectivity index (χ1v) is 9.79. The number of carbonyl (C=O) groups excluding carboxylic acids is 3. The summed E-state index contributed by atoms with van der Waals surface area (Å²) in [6.45, 7) is 0.128. The van der Waals surface area contributed by atoms with Gasteiger partial charge in [-0.15, -0.1) is 0 Å². The third kappa shape index (κ3) is 4.51. The second-order valence-electron chi connectivity index (χ2n) is 6.52. The van der Waals surface area contributed by atoms with Crippen molar-refractivity contribution in [1.82, 2.24) is 4.90 Å². The van der Waals surface area contributed by atoms with Crippen LogP contribution < -0.4 is 0 Å². The number of carbonyl (C=O) groups is 3. The highest BCUT2D eigenvalue weighted by Crippen LogP contribution is 2.41. The number of benzene rings is 2. The Balaban J connectivity index is 2.01. The summed E-state index contributed by atoms with van der Waals surface area (Å²) in [7, 11) is 0. The molecule has 0 bridgehead atoms. The molecule has 2 aromatic rings. The summed E-state index contributed by atoms with van der Waals surface area (Å²) < 4.78 is 5.25. The van der Waals surface area contributed by atoms with Crippen LogP contribution in [0.15, 0.2) is 48.5 Å². The zero-order valence-electron chi connectivity index (χ0n) is 15.4. The van der Waals surface area contributed by atoms with Gasteiger partial charge in [-0.1, -0.05) is 59.6 Å². The number of hydrogen-bond acceptors (Lipinski definition) is 5. The third-order valence-corrected chi connectivity index (χ3v) is 5.30. The maximum atomic E-state index is 13.2. The van der Waals surface area contributed by atoms with Gasteiger partial charge in [-0.3, -0.25) is 14.4 Å². The number of likely N-dealkylation sites (tertiary alicyclic amines) is 1. The van der Waals surface area contributed by atoms with Gasteiger partial charge in [0.1, 0.15) is 5.92 Å². The Bertz CT molecular complexity index is 919. The molecule has 2 atom stereocenters. The Labute approximate surface area is 178 Å². The van der Waals surface area contributed by atoms with Gasteiger partial charge in [-0.05, 0) is 17.7 Å². The molecule has 29 heavy (non-hydrogen) atoms. The largest absolute Gasteiger partial charge is 0.394 e. The van der Waals surface area contributed by atoms with Gasteiger partial charge in [0.2, 0.25) is 5.78 Å². The topological polar surface area (TPSA) is 83.9 Å². The summed E-state index contributed by atoms with van der Waals surface area (Å²) in [4.78, 5) is 40.0. The van der Waals surface area contributed by atoms with Gasteiger partial charge in [0.15, 0.2) is 5.78 Å². The monoisotopic (exact) mass is 435 g/mol. The highest BCUT2D eigenvalue weighted by Gasteiger charge is 2.51. The summed E-state index contributed by atoms with van der Waals surface area (Å²) in [5, 5.41) is 9.51. The van der Waals surface area contributed by atoms with Gasteiger partial charge < -0.3 is 14.7 Å². The maximum absolute atomic E-state index is 13.2.